The van der Waals surface area contributed by atoms with Crippen molar-refractivity contribution >= 4 is 17.3 Å². The number of carbonyl (C=O) groups is 1. The van der Waals surface area contributed by atoms with E-state index in [1.807, 2.05) is 0 Å². The molecule has 14 heavy (non-hydrogen) atoms. The van der Waals surface area contributed by atoms with Crippen LogP contribution in [0, 0.1) is 10.1 Å². The SMILES string of the molecule is CNc1ccc(C(N)=O)cc1[N+](=O)[O-].[HH]. The molecule has 0 bridgehead atoms. The lowest BCUT2D eigenvalue weighted by atomic mass is 10.1. The first-order valence-electron chi connectivity index (χ1n) is 3.82. The van der Waals surface area contributed by atoms with E-state index in [0.717, 1.165) is 6.07 Å². The maximum atomic E-state index is 10.8. The zero-order chi connectivity index (χ0) is 10.7. The van der Waals surface area contributed by atoms with Crippen LogP contribution in [0.3, 0.4) is 0 Å². The van der Waals surface area contributed by atoms with Crippen LogP contribution in [0.2, 0.25) is 0 Å². The zero-order valence-electron chi connectivity index (χ0n) is 7.48. The molecule has 0 spiro atoms. The Morgan fingerprint density at radius 1 is 1.64 bits per heavy atom. The van der Waals surface area contributed by atoms with Gasteiger partial charge in [0, 0.05) is 20.1 Å². The summed E-state index contributed by atoms with van der Waals surface area (Å²) in [6.45, 7) is 0. The summed E-state index contributed by atoms with van der Waals surface area (Å²) >= 11 is 0. The molecule has 0 atom stereocenters. The second-order valence-corrected chi connectivity index (χ2v) is 2.60. The highest BCUT2D eigenvalue weighted by atomic mass is 16.6. The number of anilines is 1. The number of carbonyl (C=O) groups excluding carboxylic acids is 1. The topological polar surface area (TPSA) is 98.3 Å². The van der Waals surface area contributed by atoms with Crippen molar-refractivity contribution in [2.24, 2.45) is 5.73 Å². The summed E-state index contributed by atoms with van der Waals surface area (Å²) in [7, 11) is 1.56. The van der Waals surface area contributed by atoms with Gasteiger partial charge in [-0.05, 0) is 12.1 Å². The molecule has 0 aliphatic heterocycles. The largest absolute Gasteiger partial charge is 0.383 e. The smallest absolute Gasteiger partial charge is 0.293 e. The second kappa shape index (κ2) is 3.73. The molecular weight excluding hydrogens is 186 g/mol. The van der Waals surface area contributed by atoms with Gasteiger partial charge < -0.3 is 11.1 Å². The lowest BCUT2D eigenvalue weighted by Gasteiger charge is -2.02. The summed E-state index contributed by atoms with van der Waals surface area (Å²) in [6, 6.07) is 4.02. The molecule has 1 rings (SSSR count). The lowest BCUT2D eigenvalue weighted by molar-refractivity contribution is -0.384. The molecule has 76 valence electrons. The third-order valence-electron chi connectivity index (χ3n) is 1.75. The Kier molecular flexibility index (Phi) is 2.66. The Morgan fingerprint density at radius 3 is 2.71 bits per heavy atom. The Morgan fingerprint density at radius 2 is 2.29 bits per heavy atom. The number of nitrogens with one attached hydrogen (secondary N) is 1. The molecule has 1 amide bonds. The summed E-state index contributed by atoms with van der Waals surface area (Å²) in [4.78, 5) is 20.8. The van der Waals surface area contributed by atoms with Crippen molar-refractivity contribution in [3.63, 3.8) is 0 Å². The van der Waals surface area contributed by atoms with Crippen LogP contribution < -0.4 is 11.1 Å². The molecule has 1 aromatic rings. The fourth-order valence-electron chi connectivity index (χ4n) is 1.05. The van der Waals surface area contributed by atoms with Gasteiger partial charge in [0.25, 0.3) is 5.69 Å². The number of nitro groups is 1. The number of primary amides is 1. The van der Waals surface area contributed by atoms with Gasteiger partial charge in [0.2, 0.25) is 5.91 Å². The monoisotopic (exact) mass is 197 g/mol. The maximum absolute atomic E-state index is 10.8. The van der Waals surface area contributed by atoms with Crippen LogP contribution in [0.4, 0.5) is 11.4 Å². The predicted octanol–water partition coefficient (Wildman–Crippen LogP) is 0.981. The van der Waals surface area contributed by atoms with E-state index in [4.69, 9.17) is 5.73 Å². The molecule has 0 heterocycles. The third-order valence-corrected chi connectivity index (χ3v) is 1.75. The van der Waals surface area contributed by atoms with E-state index < -0.39 is 10.8 Å². The van der Waals surface area contributed by atoms with E-state index in [1.165, 1.54) is 12.1 Å². The van der Waals surface area contributed by atoms with E-state index in [0.29, 0.717) is 5.69 Å². The normalized spacial score (nSPS) is 9.50. The fraction of sp³-hybridized carbons (Fsp3) is 0.125. The van der Waals surface area contributed by atoms with Gasteiger partial charge in [0.05, 0.1) is 4.92 Å². The summed E-state index contributed by atoms with van der Waals surface area (Å²) in [5.41, 5.74) is 5.30. The van der Waals surface area contributed by atoms with Gasteiger partial charge in [-0.25, -0.2) is 0 Å². The van der Waals surface area contributed by atoms with Crippen LogP contribution >= 0.6 is 0 Å². The summed E-state index contributed by atoms with van der Waals surface area (Å²) in [5.74, 6) is -0.684. The number of nitrogens with two attached hydrogens (primary N) is 1. The molecule has 3 N–H and O–H groups in total. The fourth-order valence-corrected chi connectivity index (χ4v) is 1.05. The number of hydrogen-bond acceptors (Lipinski definition) is 4. The first kappa shape index (κ1) is 9.97. The molecule has 0 saturated carbocycles. The molecule has 0 aromatic heterocycles. The van der Waals surface area contributed by atoms with Gasteiger partial charge >= 0.3 is 0 Å². The van der Waals surface area contributed by atoms with E-state index in [9.17, 15) is 14.9 Å². The van der Waals surface area contributed by atoms with Crippen molar-refractivity contribution in [3.05, 3.63) is 33.9 Å². The minimum Gasteiger partial charge on any atom is -0.383 e. The first-order chi connectivity index (χ1) is 6.56. The van der Waals surface area contributed by atoms with Crippen molar-refractivity contribution in [2.45, 2.75) is 0 Å². The van der Waals surface area contributed by atoms with Crippen LogP contribution in [0.15, 0.2) is 18.2 Å². The Hall–Kier alpha value is -2.11. The molecule has 0 aliphatic rings. The van der Waals surface area contributed by atoms with Gasteiger partial charge in [-0.15, -0.1) is 0 Å². The van der Waals surface area contributed by atoms with Gasteiger partial charge in [0.1, 0.15) is 5.69 Å². The average molecular weight is 197 g/mol. The molecule has 6 nitrogen and oxygen atoms in total. The molecular formula is C8H11N3O3. The number of nitrogens with zero attached hydrogens (tertiary/aromatic N) is 1. The number of rotatable bonds is 3. The Labute approximate surface area is 81.4 Å². The molecule has 0 saturated heterocycles. The van der Waals surface area contributed by atoms with Crippen LogP contribution in [-0.4, -0.2) is 17.9 Å². The number of hydrogen-bond donors (Lipinski definition) is 2. The van der Waals surface area contributed by atoms with Crippen LogP contribution in [0.1, 0.15) is 11.8 Å². The summed E-state index contributed by atoms with van der Waals surface area (Å²) < 4.78 is 0. The first-order valence-corrected chi connectivity index (χ1v) is 3.82. The summed E-state index contributed by atoms with van der Waals surface area (Å²) in [6.07, 6.45) is 0. The number of amides is 1. The molecule has 1 aromatic carbocycles. The van der Waals surface area contributed by atoms with E-state index in [-0.39, 0.29) is 12.7 Å². The molecule has 0 fully saturated rings. The predicted molar refractivity (Wildman–Crippen MR) is 53.3 cm³/mol. The van der Waals surface area contributed by atoms with Gasteiger partial charge in [-0.2, -0.15) is 0 Å². The highest BCUT2D eigenvalue weighted by Crippen LogP contribution is 2.24. The van der Waals surface area contributed by atoms with Crippen molar-refractivity contribution < 1.29 is 11.1 Å². The van der Waals surface area contributed by atoms with Crippen molar-refractivity contribution in [2.75, 3.05) is 12.4 Å². The molecule has 6 heteroatoms. The van der Waals surface area contributed by atoms with E-state index in [1.54, 1.807) is 7.05 Å². The van der Waals surface area contributed by atoms with Crippen molar-refractivity contribution in [1.82, 2.24) is 0 Å². The highest BCUT2D eigenvalue weighted by molar-refractivity contribution is 5.94. The number of benzene rings is 1. The molecule has 0 radical (unpaired) electrons. The quantitative estimate of drug-likeness (QED) is 0.557. The highest BCUT2D eigenvalue weighted by Gasteiger charge is 2.14. The van der Waals surface area contributed by atoms with Gasteiger partial charge in [-0.1, -0.05) is 0 Å². The third kappa shape index (κ3) is 1.79. The number of nitro benzene ring substituents is 1. The zero-order valence-corrected chi connectivity index (χ0v) is 7.48. The van der Waals surface area contributed by atoms with Crippen LogP contribution in [0.25, 0.3) is 0 Å². The summed E-state index contributed by atoms with van der Waals surface area (Å²) in [5, 5.41) is 13.2. The molecule has 0 unspecified atom stereocenters. The van der Waals surface area contributed by atoms with Crippen LogP contribution in [-0.2, 0) is 0 Å². The lowest BCUT2D eigenvalue weighted by Crippen LogP contribution is -2.11. The minimum absolute atomic E-state index is 0. The van der Waals surface area contributed by atoms with Crippen molar-refractivity contribution in [3.8, 4) is 0 Å². The van der Waals surface area contributed by atoms with E-state index >= 15 is 0 Å². The maximum Gasteiger partial charge on any atom is 0.293 e. The molecule has 0 aliphatic carbocycles. The second-order valence-electron chi connectivity index (χ2n) is 2.60. The van der Waals surface area contributed by atoms with Crippen molar-refractivity contribution in [1.29, 1.82) is 0 Å². The van der Waals surface area contributed by atoms with E-state index in [2.05, 4.69) is 5.32 Å². The standard InChI is InChI=1S/C8H9N3O3.H2/c1-10-6-3-2-5(8(9)12)4-7(6)11(13)14;/h2-4,10H,1H3,(H2,9,12);1H. The average Bonchev–Trinajstić information content (AvgIpc) is 2.16. The minimum atomic E-state index is -0.684. The van der Waals surface area contributed by atoms with Gasteiger partial charge in [0.15, 0.2) is 0 Å². The Bertz CT molecular complexity index is 395. The Balaban J connectivity index is 0.00000196. The van der Waals surface area contributed by atoms with Gasteiger partial charge in [-0.3, -0.25) is 14.9 Å². The van der Waals surface area contributed by atoms with Crippen LogP contribution in [0.5, 0.6) is 0 Å².